The van der Waals surface area contributed by atoms with Gasteiger partial charge in [-0.1, -0.05) is 44.2 Å². The van der Waals surface area contributed by atoms with Crippen molar-refractivity contribution in [3.05, 3.63) is 196 Å². The summed E-state index contributed by atoms with van der Waals surface area (Å²) in [5, 5.41) is 24.4. The summed E-state index contributed by atoms with van der Waals surface area (Å²) in [6, 6.07) is 27.1. The van der Waals surface area contributed by atoms with Gasteiger partial charge in [-0.15, -0.1) is 0 Å². The Hall–Kier alpha value is -12.5. The molecule has 0 saturated heterocycles. The van der Waals surface area contributed by atoms with Gasteiger partial charge in [0, 0.05) is 93.1 Å². The molecule has 3 aromatic heterocycles. The molecule has 0 spiro atoms. The molecule has 0 unspecified atom stereocenters. The molecule has 0 saturated carbocycles. The predicted molar refractivity (Wildman–Crippen MR) is 366 cm³/mol. The van der Waals surface area contributed by atoms with Gasteiger partial charge in [0.05, 0.1) is 11.1 Å². The number of hydrogen-bond acceptors (Lipinski definition) is 18. The van der Waals surface area contributed by atoms with Crippen molar-refractivity contribution in [2.75, 3.05) is 105 Å². The van der Waals surface area contributed by atoms with Gasteiger partial charge in [0.1, 0.15) is 19.0 Å². The van der Waals surface area contributed by atoms with E-state index in [1.165, 1.54) is 90.9 Å². The Balaban J connectivity index is 0.000000209. The average Bonchev–Trinajstić information content (AvgIpc) is 0.844. The second-order valence-electron chi connectivity index (χ2n) is 21.9. The molecule has 99 heavy (non-hydrogen) atoms. The summed E-state index contributed by atoms with van der Waals surface area (Å²) >= 11 is 0. The monoisotopic (exact) mass is 1370 g/mol. The number of benzene rings is 6. The molecule has 9 amide bonds. The normalized spacial score (nSPS) is 10.9. The van der Waals surface area contributed by atoms with E-state index in [0.29, 0.717) is 45.6 Å². The summed E-state index contributed by atoms with van der Waals surface area (Å²) in [4.78, 5) is 116. The molecule has 33 heteroatoms. The molecule has 0 radical (unpaired) electrons. The number of carbonyl (C=O) groups is 6. The highest BCUT2D eigenvalue weighted by Crippen LogP contribution is 2.33. The zero-order valence-electron chi connectivity index (χ0n) is 55.4. The Bertz CT molecular complexity index is 4410. The van der Waals surface area contributed by atoms with Crippen molar-refractivity contribution in [3.63, 3.8) is 0 Å². The van der Waals surface area contributed by atoms with Crippen LogP contribution in [0.5, 0.6) is 0 Å². The highest BCUT2D eigenvalue weighted by molar-refractivity contribution is 6.09. The van der Waals surface area contributed by atoms with E-state index in [2.05, 4.69) is 107 Å². The minimum atomic E-state index is -4.53. The number of amides is 9. The molecule has 9 N–H and O–H groups in total. The van der Waals surface area contributed by atoms with E-state index in [4.69, 9.17) is 0 Å². The number of urea groups is 3. The summed E-state index contributed by atoms with van der Waals surface area (Å²) in [6.07, 6.45) is -5.16. The molecule has 27 nitrogen and oxygen atoms in total. The maximum Gasteiger partial charge on any atom is 0.416 e. The molecule has 516 valence electrons. The Kier molecular flexibility index (Phi) is 24.5. The Morgan fingerprint density at radius 3 is 1.06 bits per heavy atom. The zero-order valence-corrected chi connectivity index (χ0v) is 55.4. The summed E-state index contributed by atoms with van der Waals surface area (Å²) in [7, 11) is 9.42. The number of rotatable bonds is 16. The number of nitrogens with one attached hydrogen (secondary N) is 9. The van der Waals surface area contributed by atoms with Crippen LogP contribution in [0.2, 0.25) is 0 Å². The number of halogens is 6. The molecule has 0 fully saturated rings. The van der Waals surface area contributed by atoms with Crippen molar-refractivity contribution in [2.24, 2.45) is 0 Å². The van der Waals surface area contributed by atoms with E-state index >= 15 is 0 Å². The minimum Gasteiger partial charge on any atom is -0.357 e. The number of aromatic nitrogens is 9. The third kappa shape index (κ3) is 20.3. The van der Waals surface area contributed by atoms with Crippen LogP contribution in [0.15, 0.2) is 140 Å². The lowest BCUT2D eigenvalue weighted by Crippen LogP contribution is -2.33. The SMILES string of the molecule is CNc1ncnc(N(C)C(=O)Nc2cc(C(=O)Nc3ccc(C(C)C)c(C)c3)ccc2C)n1.CNc1ncnc(N(C)C(=O)Nc2cc(C(=O)Nc3ccc(C(F)(F)F)cc3)ccc2C)n1.CNc1ncnc(N(C)C(=O)Nc2cc(C(=O)Nc3cccc(C(F)(F)F)c3)ccc2C)n1. The van der Waals surface area contributed by atoms with E-state index in [1.807, 2.05) is 32.0 Å². The number of carbonyl (C=O) groups excluding carboxylic acids is 6. The van der Waals surface area contributed by atoms with Crippen molar-refractivity contribution in [2.45, 2.75) is 59.8 Å². The van der Waals surface area contributed by atoms with Gasteiger partial charge in [0.25, 0.3) is 17.7 Å². The van der Waals surface area contributed by atoms with Gasteiger partial charge in [-0.2, -0.15) is 41.3 Å². The maximum atomic E-state index is 12.9. The van der Waals surface area contributed by atoms with Crippen LogP contribution in [0, 0.1) is 27.7 Å². The Labute approximate surface area is 564 Å². The number of anilines is 12. The van der Waals surface area contributed by atoms with Crippen molar-refractivity contribution < 1.29 is 55.1 Å². The standard InChI is InChI=1S/C24H29N7O2.2C21H20F3N7O2/c1-14(2)19-10-9-18(11-16(19)4)28-21(32)17-8-7-15(3)20(12-17)29-24(33)31(6)23-27-13-26-22(25-5)30-23;1-12-4-5-13(17(32)28-15-8-6-14(7-9-15)21(22,23)24)10-16(12)29-20(33)31(3)19-27-11-26-18(25-2)30-19;1-12-7-8-13(17(32)28-15-6-4-5-14(10-15)21(22,23)24)9-16(12)29-20(33)31(3)19-27-11-26-18(25-2)30-19/h7-14H,1-6H3,(H,28,32)(H,29,33)(H,25,26,27,30);2*4-11H,1-3H3,(H,28,32)(H,29,33)(H,25,26,27,30). The van der Waals surface area contributed by atoms with Crippen LogP contribution in [0.1, 0.15) is 89.8 Å². The summed E-state index contributed by atoms with van der Waals surface area (Å²) in [5.41, 5.74) is 5.80. The highest BCUT2D eigenvalue weighted by atomic mass is 19.4. The predicted octanol–water partition coefficient (Wildman–Crippen LogP) is 12.9. The molecule has 9 aromatic rings. The number of hydrogen-bond donors (Lipinski definition) is 9. The van der Waals surface area contributed by atoms with Gasteiger partial charge in [-0.05, 0) is 152 Å². The van der Waals surface area contributed by atoms with E-state index in [-0.39, 0.29) is 58.2 Å². The van der Waals surface area contributed by atoms with Gasteiger partial charge >= 0.3 is 30.4 Å². The third-order valence-corrected chi connectivity index (χ3v) is 14.5. The number of alkyl halides is 6. The van der Waals surface area contributed by atoms with Crippen LogP contribution >= 0.6 is 0 Å². The molecule has 0 aliphatic heterocycles. The molecule has 6 aromatic carbocycles. The maximum absolute atomic E-state index is 12.9. The lowest BCUT2D eigenvalue weighted by Gasteiger charge is -2.18. The summed E-state index contributed by atoms with van der Waals surface area (Å²) < 4.78 is 76.8. The topological polar surface area (TPSA) is 336 Å². The molecule has 0 bridgehead atoms. The van der Waals surface area contributed by atoms with Crippen molar-refractivity contribution >= 4 is 106 Å². The molecule has 9 rings (SSSR count). The Morgan fingerprint density at radius 2 is 0.727 bits per heavy atom. The molecule has 0 aliphatic rings. The van der Waals surface area contributed by atoms with Gasteiger partial charge in [-0.3, -0.25) is 29.1 Å². The molecular weight excluding hydrogens is 1300 g/mol. The lowest BCUT2D eigenvalue weighted by molar-refractivity contribution is -0.138. The fourth-order valence-electron chi connectivity index (χ4n) is 8.80. The van der Waals surface area contributed by atoms with Crippen LogP contribution in [0.4, 0.5) is 111 Å². The quantitative estimate of drug-likeness (QED) is 0.0406. The van der Waals surface area contributed by atoms with Gasteiger partial charge in [0.2, 0.25) is 35.7 Å². The van der Waals surface area contributed by atoms with Crippen molar-refractivity contribution in [1.82, 2.24) is 44.9 Å². The first-order valence-corrected chi connectivity index (χ1v) is 29.8. The summed E-state index contributed by atoms with van der Waals surface area (Å²) in [6.45, 7) is 11.6. The Morgan fingerprint density at radius 1 is 0.384 bits per heavy atom. The van der Waals surface area contributed by atoms with Crippen molar-refractivity contribution in [1.29, 1.82) is 0 Å². The van der Waals surface area contributed by atoms with Gasteiger partial charge in [0.15, 0.2) is 0 Å². The van der Waals surface area contributed by atoms with E-state index in [9.17, 15) is 55.1 Å². The van der Waals surface area contributed by atoms with Gasteiger partial charge < -0.3 is 47.9 Å². The first-order chi connectivity index (χ1) is 46.8. The molecular formula is C66H69F6N21O6. The largest absolute Gasteiger partial charge is 0.416 e. The molecule has 0 aliphatic carbocycles. The second-order valence-corrected chi connectivity index (χ2v) is 21.9. The van der Waals surface area contributed by atoms with Crippen LogP contribution in [0.3, 0.4) is 0 Å². The first kappa shape index (κ1) is 74.0. The van der Waals surface area contributed by atoms with Crippen LogP contribution in [0.25, 0.3) is 0 Å². The number of aryl methyl sites for hydroxylation is 4. The van der Waals surface area contributed by atoms with Crippen LogP contribution in [-0.2, 0) is 12.4 Å². The van der Waals surface area contributed by atoms with Gasteiger partial charge in [-0.25, -0.2) is 44.3 Å². The third-order valence-electron chi connectivity index (χ3n) is 14.5. The van der Waals surface area contributed by atoms with E-state index < -0.39 is 53.4 Å². The van der Waals surface area contributed by atoms with Crippen molar-refractivity contribution in [3.8, 4) is 0 Å². The second kappa shape index (κ2) is 32.8. The first-order valence-electron chi connectivity index (χ1n) is 29.8. The van der Waals surface area contributed by atoms with Crippen LogP contribution in [-0.4, -0.2) is 123 Å². The number of nitrogens with zero attached hydrogens (tertiary/aromatic N) is 12. The van der Waals surface area contributed by atoms with E-state index in [1.54, 1.807) is 78.4 Å². The fourth-order valence-corrected chi connectivity index (χ4v) is 8.80. The minimum absolute atomic E-state index is 0.00380. The molecule has 3 heterocycles. The van der Waals surface area contributed by atoms with Crippen LogP contribution < -0.4 is 62.6 Å². The van der Waals surface area contributed by atoms with E-state index in [0.717, 1.165) is 46.0 Å². The summed E-state index contributed by atoms with van der Waals surface area (Å²) in [5.74, 6) is 0.310. The fraction of sp³-hybridized carbons (Fsp3) is 0.227. The molecule has 0 atom stereocenters. The zero-order chi connectivity index (χ0) is 72.5. The highest BCUT2D eigenvalue weighted by Gasteiger charge is 2.32. The smallest absolute Gasteiger partial charge is 0.357 e. The lowest BCUT2D eigenvalue weighted by atomic mass is 9.97. The average molecular weight is 1370 g/mol.